The second-order valence-corrected chi connectivity index (χ2v) is 4.69. The summed E-state index contributed by atoms with van der Waals surface area (Å²) in [5.41, 5.74) is 7.87. The summed E-state index contributed by atoms with van der Waals surface area (Å²) >= 11 is 0. The summed E-state index contributed by atoms with van der Waals surface area (Å²) in [6.45, 7) is 7.81. The highest BCUT2D eigenvalue weighted by molar-refractivity contribution is 5.66. The first kappa shape index (κ1) is 12.2. The van der Waals surface area contributed by atoms with Crippen LogP contribution in [0.4, 0.5) is 11.5 Å². The number of methoxy groups -OCH3 is 1. The molecule has 1 saturated heterocycles. The Bertz CT molecular complexity index is 388. The lowest BCUT2D eigenvalue weighted by molar-refractivity contribution is 0.161. The van der Waals surface area contributed by atoms with Gasteiger partial charge in [0.2, 0.25) is 0 Å². The highest BCUT2D eigenvalue weighted by Gasteiger charge is 2.27. The van der Waals surface area contributed by atoms with Crippen LogP contribution in [0.3, 0.4) is 0 Å². The van der Waals surface area contributed by atoms with Gasteiger partial charge in [-0.15, -0.1) is 0 Å². The molecule has 0 amide bonds. The van der Waals surface area contributed by atoms with Gasteiger partial charge in [-0.25, -0.2) is 4.68 Å². The maximum atomic E-state index is 6.12. The van der Waals surface area contributed by atoms with E-state index in [1.807, 2.05) is 11.6 Å². The molecule has 0 aliphatic carbocycles. The number of aromatic nitrogens is 2. The molecule has 5 heteroatoms. The molecule has 0 saturated carbocycles. The van der Waals surface area contributed by atoms with E-state index in [2.05, 4.69) is 16.9 Å². The average molecular weight is 238 g/mol. The van der Waals surface area contributed by atoms with Gasteiger partial charge in [-0.05, 0) is 20.3 Å². The molecule has 96 valence electrons. The Morgan fingerprint density at radius 2 is 2.29 bits per heavy atom. The molecule has 1 aliphatic heterocycles. The third kappa shape index (κ3) is 2.24. The maximum absolute atomic E-state index is 6.12. The first-order valence-electron chi connectivity index (χ1n) is 6.24. The van der Waals surface area contributed by atoms with Crippen LogP contribution in [0.25, 0.3) is 0 Å². The largest absolute Gasteiger partial charge is 0.394 e. The van der Waals surface area contributed by atoms with Crippen LogP contribution in [0.1, 0.15) is 19.0 Å². The molecule has 5 nitrogen and oxygen atoms in total. The van der Waals surface area contributed by atoms with E-state index in [0.29, 0.717) is 5.92 Å². The van der Waals surface area contributed by atoms with Gasteiger partial charge in [0.25, 0.3) is 0 Å². The first-order chi connectivity index (χ1) is 8.17. The Kier molecular flexibility index (Phi) is 3.57. The molecule has 1 fully saturated rings. The second-order valence-electron chi connectivity index (χ2n) is 4.69. The lowest BCUT2D eigenvalue weighted by atomic mass is 10.1. The fraction of sp³-hybridized carbons (Fsp3) is 0.750. The lowest BCUT2D eigenvalue weighted by Crippen LogP contribution is -2.24. The van der Waals surface area contributed by atoms with Crippen LogP contribution in [0.5, 0.6) is 0 Å². The van der Waals surface area contributed by atoms with Crippen molar-refractivity contribution in [1.82, 2.24) is 9.78 Å². The quantitative estimate of drug-likeness (QED) is 0.858. The van der Waals surface area contributed by atoms with Gasteiger partial charge >= 0.3 is 0 Å². The van der Waals surface area contributed by atoms with Crippen molar-refractivity contribution in [3.63, 3.8) is 0 Å². The van der Waals surface area contributed by atoms with E-state index in [4.69, 9.17) is 10.5 Å². The normalized spacial score (nSPS) is 20.2. The van der Waals surface area contributed by atoms with E-state index in [0.717, 1.165) is 43.4 Å². The number of anilines is 2. The number of rotatable bonds is 4. The topological polar surface area (TPSA) is 56.3 Å². The molecule has 1 aliphatic rings. The molecule has 0 aromatic carbocycles. The standard InChI is InChI=1S/C12H22N4O/c1-4-16-12(11(13)9(2)14-16)15-6-5-10(7-15)8-17-3/h10H,4-8,13H2,1-3H3. The summed E-state index contributed by atoms with van der Waals surface area (Å²) in [6.07, 6.45) is 1.17. The number of hydrogen-bond donors (Lipinski definition) is 1. The maximum Gasteiger partial charge on any atom is 0.150 e. The molecule has 2 heterocycles. The Hall–Kier alpha value is -1.23. The summed E-state index contributed by atoms with van der Waals surface area (Å²) in [4.78, 5) is 2.34. The predicted molar refractivity (Wildman–Crippen MR) is 69.2 cm³/mol. The zero-order valence-electron chi connectivity index (χ0n) is 10.9. The monoisotopic (exact) mass is 238 g/mol. The Labute approximate surface area is 103 Å². The van der Waals surface area contributed by atoms with Gasteiger partial charge in [-0.3, -0.25) is 0 Å². The van der Waals surface area contributed by atoms with E-state index in [1.54, 1.807) is 7.11 Å². The van der Waals surface area contributed by atoms with Crippen LogP contribution in [-0.4, -0.2) is 36.6 Å². The van der Waals surface area contributed by atoms with Gasteiger partial charge in [0, 0.05) is 32.7 Å². The van der Waals surface area contributed by atoms with Crippen LogP contribution in [0.2, 0.25) is 0 Å². The molecule has 0 radical (unpaired) electrons. The highest BCUT2D eigenvalue weighted by Crippen LogP contribution is 2.31. The van der Waals surface area contributed by atoms with E-state index >= 15 is 0 Å². The minimum atomic E-state index is 0.611. The molecular formula is C12H22N4O. The fourth-order valence-electron chi connectivity index (χ4n) is 2.53. The van der Waals surface area contributed by atoms with Crippen molar-refractivity contribution in [3.8, 4) is 0 Å². The van der Waals surface area contributed by atoms with Gasteiger partial charge in [0.05, 0.1) is 18.0 Å². The zero-order chi connectivity index (χ0) is 12.4. The number of nitrogens with zero attached hydrogens (tertiary/aromatic N) is 3. The SMILES string of the molecule is CCn1nc(C)c(N)c1N1CCC(COC)C1. The van der Waals surface area contributed by atoms with Gasteiger partial charge in [-0.2, -0.15) is 5.10 Å². The zero-order valence-corrected chi connectivity index (χ0v) is 10.9. The molecule has 17 heavy (non-hydrogen) atoms. The van der Waals surface area contributed by atoms with Crippen molar-refractivity contribution >= 4 is 11.5 Å². The number of aryl methyl sites for hydroxylation is 2. The molecule has 2 N–H and O–H groups in total. The Morgan fingerprint density at radius 3 is 2.94 bits per heavy atom. The minimum Gasteiger partial charge on any atom is -0.394 e. The summed E-state index contributed by atoms with van der Waals surface area (Å²) < 4.78 is 7.22. The van der Waals surface area contributed by atoms with Crippen LogP contribution in [0.15, 0.2) is 0 Å². The predicted octanol–water partition coefficient (Wildman–Crippen LogP) is 1.27. The van der Waals surface area contributed by atoms with Crippen LogP contribution < -0.4 is 10.6 Å². The molecule has 1 unspecified atom stereocenters. The molecule has 0 spiro atoms. The molecule has 0 bridgehead atoms. The Balaban J connectivity index is 2.18. The van der Waals surface area contributed by atoms with Gasteiger partial charge in [0.15, 0.2) is 5.82 Å². The van der Waals surface area contributed by atoms with Gasteiger partial charge in [0.1, 0.15) is 0 Å². The van der Waals surface area contributed by atoms with E-state index in [9.17, 15) is 0 Å². The van der Waals surface area contributed by atoms with Crippen LogP contribution in [-0.2, 0) is 11.3 Å². The van der Waals surface area contributed by atoms with Gasteiger partial charge < -0.3 is 15.4 Å². The molecule has 1 aromatic heterocycles. The van der Waals surface area contributed by atoms with Crippen molar-refractivity contribution in [3.05, 3.63) is 5.69 Å². The number of nitrogens with two attached hydrogens (primary N) is 1. The van der Waals surface area contributed by atoms with Crippen LogP contribution >= 0.6 is 0 Å². The molecular weight excluding hydrogens is 216 g/mol. The summed E-state index contributed by atoms with van der Waals surface area (Å²) in [5.74, 6) is 1.70. The third-order valence-corrected chi connectivity index (χ3v) is 3.43. The van der Waals surface area contributed by atoms with Crippen molar-refractivity contribution in [2.45, 2.75) is 26.8 Å². The summed E-state index contributed by atoms with van der Waals surface area (Å²) in [6, 6.07) is 0. The third-order valence-electron chi connectivity index (χ3n) is 3.43. The number of ether oxygens (including phenoxy) is 1. The highest BCUT2D eigenvalue weighted by atomic mass is 16.5. The average Bonchev–Trinajstić information content (AvgIpc) is 2.86. The first-order valence-corrected chi connectivity index (χ1v) is 6.24. The van der Waals surface area contributed by atoms with Crippen molar-refractivity contribution in [1.29, 1.82) is 0 Å². The lowest BCUT2D eigenvalue weighted by Gasteiger charge is -2.20. The van der Waals surface area contributed by atoms with Crippen molar-refractivity contribution < 1.29 is 4.74 Å². The van der Waals surface area contributed by atoms with Crippen molar-refractivity contribution in [2.24, 2.45) is 5.92 Å². The van der Waals surface area contributed by atoms with Crippen molar-refractivity contribution in [2.75, 3.05) is 37.4 Å². The molecule has 1 atom stereocenters. The molecule has 1 aromatic rings. The second kappa shape index (κ2) is 4.96. The van der Waals surface area contributed by atoms with Gasteiger partial charge in [-0.1, -0.05) is 0 Å². The minimum absolute atomic E-state index is 0.611. The molecule has 2 rings (SSSR count). The summed E-state index contributed by atoms with van der Waals surface area (Å²) in [7, 11) is 1.76. The summed E-state index contributed by atoms with van der Waals surface area (Å²) in [5, 5.41) is 4.46. The van der Waals surface area contributed by atoms with E-state index in [-0.39, 0.29) is 0 Å². The number of nitrogen functional groups attached to an aromatic ring is 1. The van der Waals surface area contributed by atoms with E-state index in [1.165, 1.54) is 6.42 Å². The number of hydrogen-bond acceptors (Lipinski definition) is 4. The van der Waals surface area contributed by atoms with E-state index < -0.39 is 0 Å². The smallest absolute Gasteiger partial charge is 0.150 e. The Morgan fingerprint density at radius 1 is 1.53 bits per heavy atom. The van der Waals surface area contributed by atoms with Crippen LogP contribution in [0, 0.1) is 12.8 Å². The fourth-order valence-corrected chi connectivity index (χ4v) is 2.53.